The first kappa shape index (κ1) is 12.2. The molecule has 4 heteroatoms. The van der Waals surface area contributed by atoms with E-state index in [1.807, 2.05) is 30.3 Å². The van der Waals surface area contributed by atoms with Gasteiger partial charge in [-0.1, -0.05) is 37.3 Å². The Morgan fingerprint density at radius 1 is 1.19 bits per heavy atom. The minimum atomic E-state index is -1.09. The van der Waals surface area contributed by atoms with Crippen molar-refractivity contribution in [3.63, 3.8) is 0 Å². The molecule has 0 amide bonds. The molecular formula is C12H14O4. The first-order valence-corrected chi connectivity index (χ1v) is 5.02. The summed E-state index contributed by atoms with van der Waals surface area (Å²) < 4.78 is 0. The summed E-state index contributed by atoms with van der Waals surface area (Å²) in [6.07, 6.45) is -0.356. The van der Waals surface area contributed by atoms with Gasteiger partial charge in [0.1, 0.15) is 0 Å². The average Bonchev–Trinajstić information content (AvgIpc) is 2.25. The van der Waals surface area contributed by atoms with E-state index in [4.69, 9.17) is 10.2 Å². The van der Waals surface area contributed by atoms with Crippen molar-refractivity contribution in [2.24, 2.45) is 5.92 Å². The molecule has 4 nitrogen and oxygen atoms in total. The first-order chi connectivity index (χ1) is 7.52. The highest BCUT2D eigenvalue weighted by atomic mass is 16.4. The van der Waals surface area contributed by atoms with Crippen LogP contribution in [0.25, 0.3) is 0 Å². The van der Waals surface area contributed by atoms with Crippen LogP contribution in [0.3, 0.4) is 0 Å². The average molecular weight is 222 g/mol. The number of carboxylic acid groups (broad SMARTS) is 2. The van der Waals surface area contributed by atoms with Gasteiger partial charge in [-0.3, -0.25) is 9.59 Å². The third-order valence-electron chi connectivity index (χ3n) is 2.64. The fourth-order valence-electron chi connectivity index (χ4n) is 1.65. The predicted molar refractivity (Wildman–Crippen MR) is 58.2 cm³/mol. The van der Waals surface area contributed by atoms with Crippen molar-refractivity contribution >= 4 is 11.9 Å². The molecule has 2 atom stereocenters. The van der Waals surface area contributed by atoms with Gasteiger partial charge >= 0.3 is 11.9 Å². The highest BCUT2D eigenvalue weighted by Crippen LogP contribution is 2.26. The van der Waals surface area contributed by atoms with Gasteiger partial charge in [-0.15, -0.1) is 0 Å². The molecule has 86 valence electrons. The number of hydrogen-bond acceptors (Lipinski definition) is 2. The van der Waals surface area contributed by atoms with Gasteiger partial charge in [0, 0.05) is 0 Å². The molecule has 0 radical (unpaired) electrons. The molecule has 0 saturated carbocycles. The van der Waals surface area contributed by atoms with E-state index in [9.17, 15) is 9.59 Å². The van der Waals surface area contributed by atoms with E-state index in [1.165, 1.54) is 0 Å². The Morgan fingerprint density at radius 2 is 1.75 bits per heavy atom. The van der Waals surface area contributed by atoms with Crippen LogP contribution in [0.1, 0.15) is 24.8 Å². The Labute approximate surface area is 93.5 Å². The van der Waals surface area contributed by atoms with Crippen molar-refractivity contribution in [1.82, 2.24) is 0 Å². The molecule has 0 aliphatic carbocycles. The molecule has 2 N–H and O–H groups in total. The van der Waals surface area contributed by atoms with Crippen molar-refractivity contribution in [3.05, 3.63) is 35.9 Å². The van der Waals surface area contributed by atoms with Gasteiger partial charge in [0.2, 0.25) is 0 Å². The fourth-order valence-corrected chi connectivity index (χ4v) is 1.65. The second-order valence-corrected chi connectivity index (χ2v) is 3.74. The lowest BCUT2D eigenvalue weighted by molar-refractivity contribution is -0.149. The number of benzene rings is 1. The first-order valence-electron chi connectivity index (χ1n) is 5.02. The summed E-state index contributed by atoms with van der Waals surface area (Å²) in [4.78, 5) is 21.6. The minimum absolute atomic E-state index is 0.310. The van der Waals surface area contributed by atoms with Crippen molar-refractivity contribution in [3.8, 4) is 0 Å². The lowest BCUT2D eigenvalue weighted by Gasteiger charge is -2.18. The van der Waals surface area contributed by atoms with Gasteiger partial charge in [-0.25, -0.2) is 0 Å². The van der Waals surface area contributed by atoms with Gasteiger partial charge in [-0.2, -0.15) is 0 Å². The highest BCUT2D eigenvalue weighted by Gasteiger charge is 2.28. The van der Waals surface area contributed by atoms with Crippen LogP contribution < -0.4 is 0 Å². The second kappa shape index (κ2) is 5.30. The van der Waals surface area contributed by atoms with E-state index in [0.29, 0.717) is 0 Å². The third kappa shape index (κ3) is 3.08. The lowest BCUT2D eigenvalue weighted by atomic mass is 9.85. The van der Waals surface area contributed by atoms with Gasteiger partial charge in [-0.05, 0) is 11.5 Å². The van der Waals surface area contributed by atoms with Crippen LogP contribution in [-0.4, -0.2) is 22.2 Å². The molecular weight excluding hydrogens is 208 g/mol. The van der Waals surface area contributed by atoms with Crippen LogP contribution in [-0.2, 0) is 9.59 Å². The quantitative estimate of drug-likeness (QED) is 0.798. The lowest BCUT2D eigenvalue weighted by Crippen LogP contribution is -2.23. The minimum Gasteiger partial charge on any atom is -0.481 e. The summed E-state index contributed by atoms with van der Waals surface area (Å²) >= 11 is 0. The smallest absolute Gasteiger partial charge is 0.307 e. The maximum absolute atomic E-state index is 11.0. The molecule has 0 fully saturated rings. The molecule has 1 rings (SSSR count). The molecule has 0 saturated heterocycles. The van der Waals surface area contributed by atoms with E-state index in [-0.39, 0.29) is 12.3 Å². The van der Waals surface area contributed by atoms with Crippen LogP contribution in [0.15, 0.2) is 30.3 Å². The van der Waals surface area contributed by atoms with Crippen LogP contribution in [0, 0.1) is 5.92 Å². The zero-order valence-corrected chi connectivity index (χ0v) is 8.96. The van der Waals surface area contributed by atoms with E-state index in [2.05, 4.69) is 0 Å². The van der Waals surface area contributed by atoms with Crippen LogP contribution in [0.2, 0.25) is 0 Å². The zero-order valence-electron chi connectivity index (χ0n) is 8.96. The van der Waals surface area contributed by atoms with Gasteiger partial charge in [0.05, 0.1) is 12.3 Å². The molecule has 0 spiro atoms. The summed E-state index contributed by atoms with van der Waals surface area (Å²) in [7, 11) is 0. The molecule has 0 aliphatic heterocycles. The number of aliphatic carboxylic acids is 2. The van der Waals surface area contributed by atoms with Crippen molar-refractivity contribution in [1.29, 1.82) is 0 Å². The Kier molecular flexibility index (Phi) is 4.05. The predicted octanol–water partition coefficient (Wildman–Crippen LogP) is 1.97. The molecule has 0 aliphatic rings. The standard InChI is InChI=1S/C12H14O4/c1-8(9-5-3-2-4-6-9)10(12(15)16)7-11(13)14/h2-6,8,10H,7H2,1H3,(H,13,14)(H,15,16)/t8-,10-/m0/s1. The zero-order chi connectivity index (χ0) is 12.1. The maximum Gasteiger partial charge on any atom is 0.307 e. The topological polar surface area (TPSA) is 74.6 Å². The largest absolute Gasteiger partial charge is 0.481 e. The Hall–Kier alpha value is -1.84. The third-order valence-corrected chi connectivity index (χ3v) is 2.64. The normalized spacial score (nSPS) is 14.1. The van der Waals surface area contributed by atoms with Gasteiger partial charge < -0.3 is 10.2 Å². The summed E-state index contributed by atoms with van der Waals surface area (Å²) in [5.41, 5.74) is 0.844. The molecule has 0 bridgehead atoms. The Balaban J connectivity index is 2.87. The van der Waals surface area contributed by atoms with E-state index in [1.54, 1.807) is 6.92 Å². The highest BCUT2D eigenvalue weighted by molar-refractivity contribution is 5.78. The molecule has 0 heterocycles. The number of carboxylic acids is 2. The van der Waals surface area contributed by atoms with E-state index in [0.717, 1.165) is 5.56 Å². The van der Waals surface area contributed by atoms with Crippen LogP contribution in [0.5, 0.6) is 0 Å². The van der Waals surface area contributed by atoms with Crippen molar-refractivity contribution < 1.29 is 19.8 Å². The van der Waals surface area contributed by atoms with Gasteiger partial charge in [0.25, 0.3) is 0 Å². The molecule has 1 aromatic rings. The monoisotopic (exact) mass is 222 g/mol. The van der Waals surface area contributed by atoms with Crippen LogP contribution >= 0.6 is 0 Å². The summed E-state index contributed by atoms with van der Waals surface area (Å²) in [6.45, 7) is 1.73. The number of hydrogen-bond donors (Lipinski definition) is 2. The van der Waals surface area contributed by atoms with Gasteiger partial charge in [0.15, 0.2) is 0 Å². The summed E-state index contributed by atoms with van der Waals surface area (Å²) in [5.74, 6) is -3.36. The molecule has 16 heavy (non-hydrogen) atoms. The van der Waals surface area contributed by atoms with Crippen LogP contribution in [0.4, 0.5) is 0 Å². The summed E-state index contributed by atoms with van der Waals surface area (Å²) in [6, 6.07) is 9.07. The summed E-state index contributed by atoms with van der Waals surface area (Å²) in [5, 5.41) is 17.7. The Morgan fingerprint density at radius 3 is 2.19 bits per heavy atom. The van der Waals surface area contributed by atoms with Crippen molar-refractivity contribution in [2.45, 2.75) is 19.3 Å². The number of carbonyl (C=O) groups is 2. The number of rotatable bonds is 5. The molecule has 1 aromatic carbocycles. The van der Waals surface area contributed by atoms with E-state index < -0.39 is 17.9 Å². The fraction of sp³-hybridized carbons (Fsp3) is 0.333. The van der Waals surface area contributed by atoms with E-state index >= 15 is 0 Å². The SMILES string of the molecule is C[C@@H](c1ccccc1)[C@H](CC(=O)O)C(=O)O. The molecule has 0 aromatic heterocycles. The second-order valence-electron chi connectivity index (χ2n) is 3.74. The molecule has 0 unspecified atom stereocenters. The van der Waals surface area contributed by atoms with Crippen molar-refractivity contribution in [2.75, 3.05) is 0 Å². The maximum atomic E-state index is 11.0. The Bertz CT molecular complexity index is 372.